The van der Waals surface area contributed by atoms with E-state index in [1.165, 1.54) is 14.2 Å². The third kappa shape index (κ3) is 3.93. The Morgan fingerprint density at radius 2 is 2.06 bits per heavy atom. The summed E-state index contributed by atoms with van der Waals surface area (Å²) in [5, 5.41) is 5.40. The van der Waals surface area contributed by atoms with Crippen LogP contribution in [0.1, 0.15) is 5.56 Å². The Labute approximate surface area is 99.6 Å². The Morgan fingerprint density at radius 1 is 1.38 bits per heavy atom. The summed E-state index contributed by atoms with van der Waals surface area (Å²) in [6.07, 6.45) is 1.63. The Balaban J connectivity index is 2.63. The summed E-state index contributed by atoms with van der Waals surface area (Å²) in [6.45, 7) is 0. The zero-order valence-corrected chi connectivity index (χ0v) is 9.90. The van der Waals surface area contributed by atoms with Gasteiger partial charge in [0.15, 0.2) is 0 Å². The first-order valence-corrected chi connectivity index (χ1v) is 4.95. The van der Waals surface area contributed by atoms with Gasteiger partial charge in [0.2, 0.25) is 5.11 Å². The molecule has 0 spiro atoms. The molecule has 0 aliphatic carbocycles. The molecule has 0 unspecified atom stereocenters. The molecule has 0 atom stereocenters. The number of hydrogen-bond donors (Lipinski definition) is 1. The molecule has 0 radical (unpaired) electrons. The van der Waals surface area contributed by atoms with Gasteiger partial charge in [-0.05, 0) is 17.8 Å². The van der Waals surface area contributed by atoms with Crippen molar-refractivity contribution in [2.24, 2.45) is 5.10 Å². The van der Waals surface area contributed by atoms with Crippen LogP contribution in [0, 0.1) is 0 Å². The van der Waals surface area contributed by atoms with Crippen molar-refractivity contribution in [3.8, 4) is 0 Å². The molecule has 86 valence electrons. The molecule has 1 N–H and O–H groups in total. The van der Waals surface area contributed by atoms with Crippen molar-refractivity contribution < 1.29 is 9.68 Å². The minimum atomic E-state index is 0.220. The molecule has 6 heteroatoms. The number of hydrogen-bond acceptors (Lipinski definition) is 4. The zero-order chi connectivity index (χ0) is 11.8. The lowest BCUT2D eigenvalue weighted by Gasteiger charge is -2.15. The van der Waals surface area contributed by atoms with Crippen molar-refractivity contribution in [3.63, 3.8) is 0 Å². The van der Waals surface area contributed by atoms with Crippen LogP contribution in [0.25, 0.3) is 0 Å². The molecular weight excluding hydrogens is 226 g/mol. The summed E-state index contributed by atoms with van der Waals surface area (Å²) in [5.74, 6) is 0. The van der Waals surface area contributed by atoms with Crippen LogP contribution >= 0.6 is 12.2 Å². The second-order valence-electron chi connectivity index (χ2n) is 2.72. The first-order chi connectivity index (χ1) is 7.77. The molecule has 0 bridgehead atoms. The van der Waals surface area contributed by atoms with E-state index in [0.717, 1.165) is 10.7 Å². The standard InChI is InChI=1S/C10H13N3O2S/c1-14-12-10(16)13(15-2)11-8-9-6-4-3-5-7-9/h3-8H,1-2H3,(H,12,16). The van der Waals surface area contributed by atoms with Gasteiger partial charge in [0.05, 0.1) is 20.4 Å². The van der Waals surface area contributed by atoms with Crippen LogP contribution in [-0.2, 0) is 9.68 Å². The topological polar surface area (TPSA) is 46.1 Å². The van der Waals surface area contributed by atoms with Gasteiger partial charge in [0.25, 0.3) is 0 Å². The second-order valence-corrected chi connectivity index (χ2v) is 3.11. The summed E-state index contributed by atoms with van der Waals surface area (Å²) in [4.78, 5) is 9.59. The van der Waals surface area contributed by atoms with E-state index in [1.54, 1.807) is 6.21 Å². The van der Waals surface area contributed by atoms with Crippen LogP contribution in [0.3, 0.4) is 0 Å². The van der Waals surface area contributed by atoms with Crippen LogP contribution in [0.15, 0.2) is 35.4 Å². The molecule has 0 aliphatic rings. The fraction of sp³-hybridized carbons (Fsp3) is 0.200. The van der Waals surface area contributed by atoms with Gasteiger partial charge >= 0.3 is 0 Å². The zero-order valence-electron chi connectivity index (χ0n) is 9.08. The molecule has 1 rings (SSSR count). The predicted octanol–water partition coefficient (Wildman–Crippen LogP) is 1.32. The average Bonchev–Trinajstić information content (AvgIpc) is 2.31. The summed E-state index contributed by atoms with van der Waals surface area (Å²) in [6, 6.07) is 9.62. The fourth-order valence-corrected chi connectivity index (χ4v) is 1.17. The lowest BCUT2D eigenvalue weighted by Crippen LogP contribution is -2.35. The van der Waals surface area contributed by atoms with Crippen molar-refractivity contribution in [2.45, 2.75) is 0 Å². The van der Waals surface area contributed by atoms with E-state index in [9.17, 15) is 0 Å². The van der Waals surface area contributed by atoms with Gasteiger partial charge in [0, 0.05) is 0 Å². The normalized spacial score (nSPS) is 10.4. The number of nitrogens with one attached hydrogen (secondary N) is 1. The van der Waals surface area contributed by atoms with Gasteiger partial charge < -0.3 is 0 Å². The largest absolute Gasteiger partial charge is 0.277 e. The van der Waals surface area contributed by atoms with Crippen LogP contribution in [0.5, 0.6) is 0 Å². The molecule has 1 aromatic carbocycles. The van der Waals surface area contributed by atoms with Gasteiger partial charge in [0.1, 0.15) is 0 Å². The Hall–Kier alpha value is -1.50. The average molecular weight is 239 g/mol. The maximum atomic E-state index is 4.94. The third-order valence-electron chi connectivity index (χ3n) is 1.65. The highest BCUT2D eigenvalue weighted by atomic mass is 32.1. The highest BCUT2D eigenvalue weighted by molar-refractivity contribution is 7.80. The Bertz CT molecular complexity index is 356. The van der Waals surface area contributed by atoms with Gasteiger partial charge in [-0.3, -0.25) is 9.68 Å². The smallest absolute Gasteiger partial charge is 0.242 e. The van der Waals surface area contributed by atoms with E-state index in [2.05, 4.69) is 15.4 Å². The number of thiocarbonyl (C=S) groups is 1. The number of hydrazone groups is 1. The summed E-state index contributed by atoms with van der Waals surface area (Å²) in [7, 11) is 2.92. The van der Waals surface area contributed by atoms with Crippen molar-refractivity contribution >= 4 is 23.5 Å². The quantitative estimate of drug-likeness (QED) is 0.488. The lowest BCUT2D eigenvalue weighted by atomic mass is 10.2. The van der Waals surface area contributed by atoms with Gasteiger partial charge in [-0.1, -0.05) is 30.3 Å². The molecule has 0 aromatic heterocycles. The van der Waals surface area contributed by atoms with E-state index >= 15 is 0 Å². The Morgan fingerprint density at radius 3 is 2.62 bits per heavy atom. The van der Waals surface area contributed by atoms with Crippen LogP contribution in [0.4, 0.5) is 0 Å². The summed E-state index contributed by atoms with van der Waals surface area (Å²) in [5.41, 5.74) is 3.40. The molecular formula is C10H13N3O2S. The number of benzene rings is 1. The van der Waals surface area contributed by atoms with E-state index in [-0.39, 0.29) is 5.11 Å². The van der Waals surface area contributed by atoms with Crippen LogP contribution in [0.2, 0.25) is 0 Å². The second kappa shape index (κ2) is 6.89. The maximum Gasteiger partial charge on any atom is 0.242 e. The van der Waals surface area contributed by atoms with Crippen molar-refractivity contribution in [1.29, 1.82) is 0 Å². The number of nitrogens with zero attached hydrogens (tertiary/aromatic N) is 2. The SMILES string of the molecule is CONC(=S)N(N=Cc1ccccc1)OC. The summed E-state index contributed by atoms with van der Waals surface area (Å²) >= 11 is 4.94. The predicted molar refractivity (Wildman–Crippen MR) is 65.6 cm³/mol. The van der Waals surface area contributed by atoms with E-state index in [4.69, 9.17) is 17.1 Å². The van der Waals surface area contributed by atoms with E-state index in [1.807, 2.05) is 30.3 Å². The summed E-state index contributed by atoms with van der Waals surface area (Å²) < 4.78 is 0. The first kappa shape index (κ1) is 12.6. The maximum absolute atomic E-state index is 4.94. The van der Waals surface area contributed by atoms with Crippen LogP contribution < -0.4 is 5.48 Å². The van der Waals surface area contributed by atoms with Gasteiger partial charge in [-0.15, -0.1) is 5.17 Å². The highest BCUT2D eigenvalue weighted by Gasteiger charge is 2.05. The number of hydroxylamine groups is 2. The molecule has 0 fully saturated rings. The number of rotatable bonds is 4. The van der Waals surface area contributed by atoms with Gasteiger partial charge in [-0.25, -0.2) is 5.48 Å². The van der Waals surface area contributed by atoms with Crippen molar-refractivity contribution in [1.82, 2.24) is 10.7 Å². The minimum absolute atomic E-state index is 0.220. The third-order valence-corrected chi connectivity index (χ3v) is 1.89. The lowest BCUT2D eigenvalue weighted by molar-refractivity contribution is -0.0716. The van der Waals surface area contributed by atoms with Gasteiger partial charge in [-0.2, -0.15) is 5.10 Å². The van der Waals surface area contributed by atoms with Crippen LogP contribution in [-0.4, -0.2) is 30.7 Å². The Kier molecular flexibility index (Phi) is 5.41. The molecule has 0 heterocycles. The minimum Gasteiger partial charge on any atom is -0.277 e. The van der Waals surface area contributed by atoms with E-state index < -0.39 is 0 Å². The molecule has 16 heavy (non-hydrogen) atoms. The molecule has 5 nitrogen and oxygen atoms in total. The molecule has 0 saturated heterocycles. The highest BCUT2D eigenvalue weighted by Crippen LogP contribution is 1.97. The van der Waals surface area contributed by atoms with Crippen molar-refractivity contribution in [2.75, 3.05) is 14.2 Å². The monoisotopic (exact) mass is 239 g/mol. The van der Waals surface area contributed by atoms with Crippen molar-refractivity contribution in [3.05, 3.63) is 35.9 Å². The molecule has 1 aromatic rings. The fourth-order valence-electron chi connectivity index (χ4n) is 0.967. The first-order valence-electron chi connectivity index (χ1n) is 4.54. The molecule has 0 aliphatic heterocycles. The molecule has 0 saturated carbocycles. The van der Waals surface area contributed by atoms with E-state index in [0.29, 0.717) is 0 Å². The molecule has 0 amide bonds.